The Hall–Kier alpha value is -0.870. The Morgan fingerprint density at radius 3 is 2.16 bits per heavy atom. The van der Waals surface area contributed by atoms with Gasteiger partial charge >= 0.3 is 0 Å². The predicted molar refractivity (Wildman–Crippen MR) is 79.8 cm³/mol. The summed E-state index contributed by atoms with van der Waals surface area (Å²) >= 11 is 0. The lowest BCUT2D eigenvalue weighted by Crippen LogP contribution is -2.25. The molecule has 1 rings (SSSR count). The van der Waals surface area contributed by atoms with Gasteiger partial charge in [-0.3, -0.25) is 0 Å². The van der Waals surface area contributed by atoms with E-state index in [1.54, 1.807) is 12.1 Å². The Kier molecular flexibility index (Phi) is 6.01. The number of rotatable bonds is 7. The van der Waals surface area contributed by atoms with Crippen LogP contribution in [0.2, 0.25) is 0 Å². The number of benzene rings is 1. The topological polar surface area (TPSA) is 46.2 Å². The normalized spacial score (nSPS) is 13.7. The molecule has 1 aromatic carbocycles. The van der Waals surface area contributed by atoms with Gasteiger partial charge in [-0.05, 0) is 42.4 Å². The smallest absolute Gasteiger partial charge is 0.211 e. The molecule has 0 aromatic heterocycles. The Morgan fingerprint density at radius 2 is 1.68 bits per heavy atom. The average molecular weight is 283 g/mol. The molecule has 4 heteroatoms. The predicted octanol–water partition coefficient (Wildman–Crippen LogP) is 3.52. The number of hydrogen-bond donors (Lipinski definition) is 1. The highest BCUT2D eigenvalue weighted by Gasteiger charge is 2.14. The molecule has 0 aliphatic heterocycles. The maximum Gasteiger partial charge on any atom is 0.240 e. The summed E-state index contributed by atoms with van der Waals surface area (Å²) < 4.78 is 26.7. The summed E-state index contributed by atoms with van der Waals surface area (Å²) in [6, 6.07) is 7.20. The summed E-state index contributed by atoms with van der Waals surface area (Å²) in [6.45, 7) is 8.92. The molecule has 19 heavy (non-hydrogen) atoms. The lowest BCUT2D eigenvalue weighted by atomic mass is 9.99. The molecule has 1 N–H and O–H groups in total. The van der Waals surface area contributed by atoms with Gasteiger partial charge in [-0.1, -0.05) is 39.8 Å². The zero-order chi connectivity index (χ0) is 14.5. The van der Waals surface area contributed by atoms with Crippen molar-refractivity contribution >= 4 is 10.0 Å². The monoisotopic (exact) mass is 283 g/mol. The van der Waals surface area contributed by atoms with Crippen molar-refractivity contribution in [1.82, 2.24) is 4.72 Å². The molecule has 1 atom stereocenters. The van der Waals surface area contributed by atoms with E-state index in [0.29, 0.717) is 23.3 Å². The van der Waals surface area contributed by atoms with E-state index in [1.807, 2.05) is 12.1 Å². The minimum absolute atomic E-state index is 0.350. The lowest BCUT2D eigenvalue weighted by Gasteiger charge is -2.11. The first-order valence-corrected chi connectivity index (χ1v) is 8.44. The zero-order valence-corrected chi connectivity index (χ0v) is 13.1. The number of sulfonamides is 1. The van der Waals surface area contributed by atoms with Crippen LogP contribution in [0.3, 0.4) is 0 Å². The Bertz CT molecular complexity index is 477. The van der Waals surface area contributed by atoms with Gasteiger partial charge in [0.05, 0.1) is 4.90 Å². The standard InChI is InChI=1S/C15H25NO2S/c1-5-13(4)14-6-8-15(9-7-14)19(17,18)16-11-10-12(2)3/h6-9,12-13,16H,5,10-11H2,1-4H3. The maximum atomic E-state index is 12.1. The van der Waals surface area contributed by atoms with Crippen LogP contribution in [-0.2, 0) is 10.0 Å². The van der Waals surface area contributed by atoms with Crippen molar-refractivity contribution in [2.24, 2.45) is 5.92 Å². The van der Waals surface area contributed by atoms with E-state index in [9.17, 15) is 8.42 Å². The molecule has 0 bridgehead atoms. The second-order valence-electron chi connectivity index (χ2n) is 5.46. The van der Waals surface area contributed by atoms with Gasteiger partial charge in [0, 0.05) is 6.54 Å². The third-order valence-electron chi connectivity index (χ3n) is 3.39. The van der Waals surface area contributed by atoms with Crippen LogP contribution in [0.25, 0.3) is 0 Å². The minimum atomic E-state index is -3.36. The largest absolute Gasteiger partial charge is 0.240 e. The second-order valence-corrected chi connectivity index (χ2v) is 7.23. The van der Waals surface area contributed by atoms with Crippen LogP contribution in [0, 0.1) is 5.92 Å². The SMILES string of the molecule is CCC(C)c1ccc(S(=O)(=O)NCCC(C)C)cc1. The van der Waals surface area contributed by atoms with Crippen molar-refractivity contribution < 1.29 is 8.42 Å². The van der Waals surface area contributed by atoms with Gasteiger partial charge in [0.15, 0.2) is 0 Å². The van der Waals surface area contributed by atoms with Crippen LogP contribution in [0.1, 0.15) is 52.0 Å². The highest BCUT2D eigenvalue weighted by atomic mass is 32.2. The van der Waals surface area contributed by atoms with E-state index in [4.69, 9.17) is 0 Å². The third kappa shape index (κ3) is 4.96. The van der Waals surface area contributed by atoms with Gasteiger partial charge in [0.2, 0.25) is 10.0 Å². The molecule has 0 heterocycles. The van der Waals surface area contributed by atoms with Crippen molar-refractivity contribution in [2.75, 3.05) is 6.54 Å². The molecule has 3 nitrogen and oxygen atoms in total. The van der Waals surface area contributed by atoms with Crippen LogP contribution in [0.5, 0.6) is 0 Å². The van der Waals surface area contributed by atoms with E-state index in [2.05, 4.69) is 32.4 Å². The Balaban J connectivity index is 2.73. The van der Waals surface area contributed by atoms with Crippen LogP contribution >= 0.6 is 0 Å². The van der Waals surface area contributed by atoms with Crippen LogP contribution in [0.4, 0.5) is 0 Å². The van der Waals surface area contributed by atoms with Gasteiger partial charge in [-0.15, -0.1) is 0 Å². The Morgan fingerprint density at radius 1 is 1.11 bits per heavy atom. The highest BCUT2D eigenvalue weighted by Crippen LogP contribution is 2.20. The Labute approximate surface area is 117 Å². The first kappa shape index (κ1) is 16.2. The van der Waals surface area contributed by atoms with Crippen molar-refractivity contribution in [3.05, 3.63) is 29.8 Å². The van der Waals surface area contributed by atoms with Gasteiger partial charge < -0.3 is 0 Å². The molecule has 0 saturated heterocycles. The second kappa shape index (κ2) is 7.06. The van der Waals surface area contributed by atoms with Crippen molar-refractivity contribution in [3.63, 3.8) is 0 Å². The molecule has 0 spiro atoms. The third-order valence-corrected chi connectivity index (χ3v) is 4.86. The highest BCUT2D eigenvalue weighted by molar-refractivity contribution is 7.89. The quantitative estimate of drug-likeness (QED) is 0.832. The molecule has 1 aromatic rings. The van der Waals surface area contributed by atoms with E-state index >= 15 is 0 Å². The van der Waals surface area contributed by atoms with E-state index < -0.39 is 10.0 Å². The fourth-order valence-electron chi connectivity index (χ4n) is 1.78. The molecular weight excluding hydrogens is 258 g/mol. The molecule has 0 radical (unpaired) electrons. The summed E-state index contributed by atoms with van der Waals surface area (Å²) in [5.41, 5.74) is 1.18. The molecular formula is C15H25NO2S. The summed E-state index contributed by atoms with van der Waals surface area (Å²) in [5.74, 6) is 0.959. The van der Waals surface area contributed by atoms with Gasteiger partial charge in [-0.2, -0.15) is 0 Å². The molecule has 0 amide bonds. The molecule has 0 saturated carbocycles. The maximum absolute atomic E-state index is 12.1. The molecule has 0 aliphatic carbocycles. The van der Waals surface area contributed by atoms with Gasteiger partial charge in [0.1, 0.15) is 0 Å². The lowest BCUT2D eigenvalue weighted by molar-refractivity contribution is 0.551. The van der Waals surface area contributed by atoms with Crippen LogP contribution < -0.4 is 4.72 Å². The van der Waals surface area contributed by atoms with E-state index in [1.165, 1.54) is 5.56 Å². The summed E-state index contributed by atoms with van der Waals surface area (Å²) in [6.07, 6.45) is 1.91. The van der Waals surface area contributed by atoms with Crippen molar-refractivity contribution in [1.29, 1.82) is 0 Å². The van der Waals surface area contributed by atoms with Gasteiger partial charge in [0.25, 0.3) is 0 Å². The van der Waals surface area contributed by atoms with Crippen LogP contribution in [-0.4, -0.2) is 15.0 Å². The number of nitrogens with one attached hydrogen (secondary N) is 1. The molecule has 0 aliphatic rings. The fraction of sp³-hybridized carbons (Fsp3) is 0.600. The molecule has 0 fully saturated rings. The summed E-state index contributed by atoms with van der Waals surface area (Å²) in [7, 11) is -3.36. The first-order chi connectivity index (χ1) is 8.86. The first-order valence-electron chi connectivity index (χ1n) is 6.96. The average Bonchev–Trinajstić information content (AvgIpc) is 2.37. The van der Waals surface area contributed by atoms with E-state index in [0.717, 1.165) is 12.8 Å². The van der Waals surface area contributed by atoms with E-state index in [-0.39, 0.29) is 0 Å². The minimum Gasteiger partial charge on any atom is -0.211 e. The fourth-order valence-corrected chi connectivity index (χ4v) is 2.82. The summed E-state index contributed by atoms with van der Waals surface area (Å²) in [4.78, 5) is 0.350. The van der Waals surface area contributed by atoms with Crippen molar-refractivity contribution in [3.8, 4) is 0 Å². The molecule has 108 valence electrons. The van der Waals surface area contributed by atoms with Gasteiger partial charge in [-0.25, -0.2) is 13.1 Å². The number of hydrogen-bond acceptors (Lipinski definition) is 2. The van der Waals surface area contributed by atoms with Crippen LogP contribution in [0.15, 0.2) is 29.2 Å². The molecule has 1 unspecified atom stereocenters. The zero-order valence-electron chi connectivity index (χ0n) is 12.3. The van der Waals surface area contributed by atoms with Crippen molar-refractivity contribution in [2.45, 2.75) is 51.3 Å². The summed E-state index contributed by atoms with van der Waals surface area (Å²) in [5, 5.41) is 0.